The minimum Gasteiger partial charge on any atom is -0.508 e. The molecule has 38 nitrogen and oxygen atoms in total. The molecule has 0 radical (unpaired) electrons. The Balaban J connectivity index is 0.000000181. The molecule has 45 heteroatoms. The molecule has 0 amide bonds. The molecule has 0 spiro atoms. The molecular weight excluding hydrogens is 1990 g/mol. The Kier molecular flexibility index (Phi) is 31.6. The molecule has 0 aliphatic heterocycles. The number of aromatic nitrogens is 10. The van der Waals surface area contributed by atoms with Crippen LogP contribution in [0.2, 0.25) is 25.1 Å². The lowest BCUT2D eigenvalue weighted by Crippen LogP contribution is -2.39. The maximum atomic E-state index is 12.4. The normalized spacial score (nSPS) is 12.1. The second-order valence-electron chi connectivity index (χ2n) is 41.0. The van der Waals surface area contributed by atoms with E-state index in [0.29, 0.717) is 42.6 Å². The first-order valence-electron chi connectivity index (χ1n) is 43.1. The van der Waals surface area contributed by atoms with E-state index in [2.05, 4.69) is 15.4 Å². The van der Waals surface area contributed by atoms with E-state index in [9.17, 15) is 119 Å². The van der Waals surface area contributed by atoms with E-state index in [-0.39, 0.29) is 164 Å². The molecular formula is C97H109Cl5N10O28S2. The summed E-state index contributed by atoms with van der Waals surface area (Å²) in [6, 6.07) is 14.5. The van der Waals surface area contributed by atoms with Gasteiger partial charge in [-0.3, -0.25) is 61.3 Å². The van der Waals surface area contributed by atoms with Crippen molar-refractivity contribution < 1.29 is 79.4 Å². The number of hydrogen-bond donors (Lipinski definition) is 14. The number of fused-ring (bicyclic) bond motifs is 8. The highest BCUT2D eigenvalue weighted by atomic mass is 35.5. The fourth-order valence-electron chi connectivity index (χ4n) is 13.7. The Morgan fingerprint density at radius 2 is 0.669 bits per heavy atom. The smallest absolute Gasteiger partial charge is 0.365 e. The SMILES string of the molecule is CC(C)(C)c1noc2cc(O)c(O)cc12.CC(C)(C)n1[nH]c(=O)c2cc(O)c(O)cc2c1=O.CC(C)(C)n1sc2c(Cl)c(O)c(O)cc2c1=O.CC(C)(C)n1sc2cc(O)c(O)c(Cl)c2c1=O.Cc1c(O)cc2c(=O)n(C(C)(C)C)oc(=O)c2c1Cl.Cc1cc2c(=O)[nH]n(C(C)(C)C)c(=O)c2c(Cl)c1O.Cc1cc2c(=O)on(C(C)(C)C)c(=O)c2c(Cl)c1O.Cc1cc2c(=O)on(C(C)(C)C)c(=O)c2cc1O. The predicted molar refractivity (Wildman–Crippen MR) is 552 cm³/mol. The van der Waals surface area contributed by atoms with Crippen LogP contribution < -0.4 is 66.9 Å². The fourth-order valence-corrected chi connectivity index (χ4v) is 17.5. The largest absolute Gasteiger partial charge is 0.508 e. The first kappa shape index (κ1) is 112. The summed E-state index contributed by atoms with van der Waals surface area (Å²) >= 11 is 32.2. The number of rotatable bonds is 0. The molecule has 0 atom stereocenters. The number of nitrogens with zero attached hydrogens (tertiary/aromatic N) is 8. The lowest BCUT2D eigenvalue weighted by atomic mass is 9.90. The third-order valence-corrected chi connectivity index (χ3v) is 26.1. The van der Waals surface area contributed by atoms with Crippen molar-refractivity contribution >= 4 is 166 Å². The van der Waals surface area contributed by atoms with E-state index in [1.165, 1.54) is 87.0 Å². The number of aromatic amines is 2. The molecule has 0 aliphatic rings. The molecule has 8 heterocycles. The lowest BCUT2D eigenvalue weighted by Gasteiger charge is -2.22. The summed E-state index contributed by atoms with van der Waals surface area (Å²) in [6.45, 7) is 50.2. The lowest BCUT2D eigenvalue weighted by molar-refractivity contribution is 0.135. The summed E-state index contributed by atoms with van der Waals surface area (Å²) in [7, 11) is 0. The highest BCUT2D eigenvalue weighted by Crippen LogP contribution is 2.44. The van der Waals surface area contributed by atoms with Crippen LogP contribution in [0.5, 0.6) is 69.0 Å². The summed E-state index contributed by atoms with van der Waals surface area (Å²) in [4.78, 5) is 145. The zero-order valence-electron chi connectivity index (χ0n) is 82.5. The van der Waals surface area contributed by atoms with Gasteiger partial charge in [0.1, 0.15) is 33.0 Å². The van der Waals surface area contributed by atoms with Gasteiger partial charge >= 0.3 is 16.9 Å². The van der Waals surface area contributed by atoms with E-state index in [1.54, 1.807) is 139 Å². The van der Waals surface area contributed by atoms with Crippen LogP contribution in [0.15, 0.2) is 142 Å². The average Bonchev–Trinajstić information content (AvgIpc) is 1.40. The van der Waals surface area contributed by atoms with Gasteiger partial charge in [-0.1, -0.05) is 107 Å². The number of phenolic OH excluding ortho intramolecular Hbond substituents is 12. The summed E-state index contributed by atoms with van der Waals surface area (Å²) < 4.78 is 29.8. The van der Waals surface area contributed by atoms with Crippen LogP contribution in [-0.2, 0) is 44.2 Å². The van der Waals surface area contributed by atoms with Crippen LogP contribution in [0, 0.1) is 27.7 Å². The molecule has 16 rings (SSSR count). The van der Waals surface area contributed by atoms with Gasteiger partial charge in [0, 0.05) is 28.5 Å². The Morgan fingerprint density at radius 1 is 0.296 bits per heavy atom. The van der Waals surface area contributed by atoms with Crippen molar-refractivity contribution in [2.45, 2.75) is 238 Å². The number of aromatic hydroxyl groups is 12. The minimum absolute atomic E-state index is 0.00228. The zero-order chi connectivity index (χ0) is 108. The van der Waals surface area contributed by atoms with Crippen LogP contribution >= 0.6 is 81.1 Å². The number of halogens is 5. The maximum absolute atomic E-state index is 12.4. The number of nitrogens with one attached hydrogen (secondary N) is 2. The number of phenols is 12. The highest BCUT2D eigenvalue weighted by Gasteiger charge is 2.32. The summed E-state index contributed by atoms with van der Waals surface area (Å²) in [5.74, 6) is -3.23. The monoisotopic (exact) mass is 2100 g/mol. The van der Waals surface area contributed by atoms with Crippen LogP contribution in [0.4, 0.5) is 0 Å². The van der Waals surface area contributed by atoms with E-state index in [4.69, 9.17) is 76.1 Å². The third-order valence-electron chi connectivity index (χ3n) is 21.2. The summed E-state index contributed by atoms with van der Waals surface area (Å²) in [5, 5.41) is 125. The van der Waals surface area contributed by atoms with Gasteiger partial charge in [0.2, 0.25) is 0 Å². The Hall–Kier alpha value is -13.6. The maximum Gasteiger partial charge on any atom is 0.365 e. The quantitative estimate of drug-likeness (QED) is 0.0627. The van der Waals surface area contributed by atoms with E-state index in [0.717, 1.165) is 37.4 Å². The van der Waals surface area contributed by atoms with Crippen molar-refractivity contribution in [3.8, 4) is 69.0 Å². The average molecular weight is 2100 g/mol. The summed E-state index contributed by atoms with van der Waals surface area (Å²) in [5.41, 5.74) is -6.70. The second-order valence-corrected chi connectivity index (χ2v) is 44.9. The van der Waals surface area contributed by atoms with E-state index in [1.807, 2.05) is 62.3 Å². The van der Waals surface area contributed by atoms with Crippen LogP contribution in [0.1, 0.15) is 194 Å². The molecule has 0 bridgehead atoms. The number of aryl methyl sites for hydroxylation is 3. The number of H-pyrrole nitrogens is 2. The number of benzene rings is 8. The van der Waals surface area contributed by atoms with Crippen molar-refractivity contribution in [1.82, 2.24) is 46.9 Å². The van der Waals surface area contributed by atoms with Crippen molar-refractivity contribution in [2.24, 2.45) is 0 Å². The van der Waals surface area contributed by atoms with Crippen molar-refractivity contribution in [3.63, 3.8) is 0 Å². The van der Waals surface area contributed by atoms with Crippen LogP contribution in [0.25, 0.3) is 85.0 Å². The van der Waals surface area contributed by atoms with E-state index < -0.39 is 101 Å². The molecule has 142 heavy (non-hydrogen) atoms. The van der Waals surface area contributed by atoms with Crippen molar-refractivity contribution in [2.75, 3.05) is 0 Å². The molecule has 0 fully saturated rings. The third kappa shape index (κ3) is 22.8. The second kappa shape index (κ2) is 40.0. The first-order valence-corrected chi connectivity index (χ1v) is 46.5. The van der Waals surface area contributed by atoms with E-state index >= 15 is 0 Å². The molecule has 762 valence electrons. The van der Waals surface area contributed by atoms with Gasteiger partial charge in [0.25, 0.3) is 50.0 Å². The van der Waals surface area contributed by atoms with Gasteiger partial charge < -0.3 is 79.4 Å². The van der Waals surface area contributed by atoms with Gasteiger partial charge in [-0.2, -0.15) is 14.2 Å². The Morgan fingerprint density at radius 3 is 1.15 bits per heavy atom. The zero-order valence-corrected chi connectivity index (χ0v) is 87.9. The van der Waals surface area contributed by atoms with Crippen molar-refractivity contribution in [1.29, 1.82) is 0 Å². The number of hydrogen-bond acceptors (Lipinski definition) is 31. The fraction of sp³-hybridized carbons (Fsp3) is 0.371. The van der Waals surface area contributed by atoms with Gasteiger partial charge in [-0.15, -0.1) is 0 Å². The van der Waals surface area contributed by atoms with Gasteiger partial charge in [0.15, 0.2) is 51.6 Å². The molecule has 8 aromatic heterocycles. The van der Waals surface area contributed by atoms with Crippen LogP contribution in [-0.4, -0.2) is 108 Å². The minimum atomic E-state index is -0.700. The molecule has 0 aliphatic carbocycles. The molecule has 14 N–H and O–H groups in total. The molecule has 16 aromatic rings. The van der Waals surface area contributed by atoms with Crippen molar-refractivity contribution in [3.05, 3.63) is 244 Å². The summed E-state index contributed by atoms with van der Waals surface area (Å²) in [6.07, 6.45) is 0. The van der Waals surface area contributed by atoms with Crippen LogP contribution in [0.3, 0.4) is 0 Å². The molecule has 0 saturated carbocycles. The topological polar surface area (TPSA) is 579 Å². The van der Waals surface area contributed by atoms with Gasteiger partial charge in [-0.05, 0) is 244 Å². The highest BCUT2D eigenvalue weighted by molar-refractivity contribution is 7.15. The molecule has 8 aromatic carbocycles. The molecule has 0 saturated heterocycles. The Bertz CT molecular complexity index is 8320. The predicted octanol–water partition coefficient (Wildman–Crippen LogP) is 17.7. The standard InChI is InChI=1S/C13H15ClN2O3.2C13H14ClNO4.C13H15NO4.C12H14N2O4.2C11H12ClNO3S.C11H13NO3/c1-6-5-7-8(9(14)10(6)17)12(19)16(13(2,3)4)15-11(7)18;1-6-8(16)5-7-9(10(6)14)12(18)19-15(11(7)17)13(2,3)4;1-6-5-7-8(9(14)10(6)16)11(17)15(13(2,3)4)19-12(7)18;1-7-5-9-8(6-10(7)15)11(16)14(13(2,3)4)18-12(9)17;1-12(2,3)14-11(18)7-5-9(16)8(15)4-6(7)10(17)13-14;1-11(2,3)13-10(16)5-4-6(14)8(15)7(12)9(5)17-13;1-11(2,3)13-10(16)7-6(17-13)4-5(14)9(15)8(7)12;1-11(2,3)10-6-4-7(13)8(14)5-9(6)15-12-10/h5,17H,1-4H3,(H,15,18);2*5,16H,1-4H3;5-6,15H,1-4H3;4-5,15-16H,1-3H3,(H,13,17);2*4,14-15H,1-3H3;4-5,13-14H,1-3H3. The Labute approximate surface area is 838 Å². The van der Waals surface area contributed by atoms with Gasteiger partial charge in [0.05, 0.1) is 134 Å². The molecule has 0 unspecified atom stereocenters. The first-order chi connectivity index (χ1) is 64.7. The van der Waals surface area contributed by atoms with Gasteiger partial charge in [-0.25, -0.2) is 23.7 Å².